The molecule has 4 heteroatoms. The molecule has 0 atom stereocenters. The van der Waals surface area contributed by atoms with Crippen LogP contribution < -0.4 is 0 Å². The van der Waals surface area contributed by atoms with Gasteiger partial charge >= 0.3 is 11.9 Å². The summed E-state index contributed by atoms with van der Waals surface area (Å²) in [4.78, 5) is 22.4. The number of hydrogen-bond acceptors (Lipinski definition) is 2. The fourth-order valence-electron chi connectivity index (χ4n) is 2.05. The zero-order valence-electron chi connectivity index (χ0n) is 11.3. The van der Waals surface area contributed by atoms with Crippen LogP contribution in [0.4, 0.5) is 0 Å². The number of hydrogen-bond donors (Lipinski definition) is 2. The van der Waals surface area contributed by atoms with Crippen LogP contribution in [0.2, 0.25) is 0 Å². The zero-order chi connectivity index (χ0) is 16.3. The molecule has 2 rings (SSSR count). The quantitative estimate of drug-likeness (QED) is 0.852. The highest BCUT2D eigenvalue weighted by molar-refractivity contribution is 5.94. The molecule has 2 N–H and O–H groups in total. The second-order valence-corrected chi connectivity index (χ2v) is 4.42. The van der Waals surface area contributed by atoms with Gasteiger partial charge in [0.25, 0.3) is 0 Å². The minimum absolute atomic E-state index is 0.0158. The van der Waals surface area contributed by atoms with E-state index in [1.807, 2.05) is 0 Å². The summed E-state index contributed by atoms with van der Waals surface area (Å²) in [6.07, 6.45) is 10.5. The molecule has 2 aromatic rings. The van der Waals surface area contributed by atoms with Crippen LogP contribution in [0.3, 0.4) is 0 Å². The van der Waals surface area contributed by atoms with Crippen LogP contribution in [0.15, 0.2) is 36.4 Å². The molecular weight excluding hydrogens is 280 g/mol. The molecule has 4 nitrogen and oxygen atoms in total. The Hall–Kier alpha value is -3.50. The lowest BCUT2D eigenvalue weighted by Crippen LogP contribution is -2.02. The Bertz CT molecular complexity index is 790. The van der Waals surface area contributed by atoms with Gasteiger partial charge in [0.2, 0.25) is 0 Å². The topological polar surface area (TPSA) is 74.6 Å². The highest BCUT2D eigenvalue weighted by Gasteiger charge is 2.13. The van der Waals surface area contributed by atoms with Crippen LogP contribution in [0.5, 0.6) is 0 Å². The van der Waals surface area contributed by atoms with Crippen molar-refractivity contribution in [1.29, 1.82) is 0 Å². The fourth-order valence-corrected chi connectivity index (χ4v) is 2.05. The molecule has 0 bridgehead atoms. The summed E-state index contributed by atoms with van der Waals surface area (Å²) in [6.45, 7) is 0. The molecule has 0 aliphatic carbocycles. The third kappa shape index (κ3) is 2.67. The number of terminal acetylenes is 2. The molecule has 0 heterocycles. The number of carboxylic acids is 2. The Morgan fingerprint density at radius 1 is 0.773 bits per heavy atom. The van der Waals surface area contributed by atoms with E-state index < -0.39 is 11.9 Å². The molecule has 0 aromatic heterocycles. The molecular formula is C18H10O4. The average molecular weight is 290 g/mol. The molecule has 0 saturated carbocycles. The number of rotatable bonds is 3. The molecule has 2 aromatic carbocycles. The summed E-state index contributed by atoms with van der Waals surface area (Å²) in [5.74, 6) is 2.31. The van der Waals surface area contributed by atoms with E-state index in [0.29, 0.717) is 11.1 Å². The van der Waals surface area contributed by atoms with Crippen molar-refractivity contribution in [3.8, 4) is 35.8 Å². The second kappa shape index (κ2) is 5.87. The van der Waals surface area contributed by atoms with Crippen LogP contribution >= 0.6 is 0 Å². The van der Waals surface area contributed by atoms with Gasteiger partial charge in [-0.3, -0.25) is 0 Å². The first kappa shape index (κ1) is 14.9. The maximum atomic E-state index is 11.2. The monoisotopic (exact) mass is 290 g/mol. The molecule has 0 spiro atoms. The summed E-state index contributed by atoms with van der Waals surface area (Å²) in [7, 11) is 0. The van der Waals surface area contributed by atoms with Crippen LogP contribution in [0, 0.1) is 24.7 Å². The minimum Gasteiger partial charge on any atom is -0.478 e. The third-order valence-electron chi connectivity index (χ3n) is 3.14. The highest BCUT2D eigenvalue weighted by atomic mass is 16.4. The predicted octanol–water partition coefficient (Wildman–Crippen LogP) is 2.71. The normalized spacial score (nSPS) is 9.55. The molecule has 0 fully saturated rings. The highest BCUT2D eigenvalue weighted by Crippen LogP contribution is 2.25. The molecule has 22 heavy (non-hydrogen) atoms. The van der Waals surface area contributed by atoms with Gasteiger partial charge in [-0.2, -0.15) is 0 Å². The SMILES string of the molecule is C#Cc1ccc(-c2ccc(C#C)c(C(=O)O)c2)cc1C(=O)O. The van der Waals surface area contributed by atoms with Crippen molar-refractivity contribution in [3.63, 3.8) is 0 Å². The molecule has 0 aliphatic rings. The summed E-state index contributed by atoms with van der Waals surface area (Å²) >= 11 is 0. The third-order valence-corrected chi connectivity index (χ3v) is 3.14. The predicted molar refractivity (Wildman–Crippen MR) is 81.7 cm³/mol. The van der Waals surface area contributed by atoms with Gasteiger partial charge in [-0.05, 0) is 35.4 Å². The van der Waals surface area contributed by atoms with Crippen molar-refractivity contribution in [3.05, 3.63) is 58.7 Å². The van der Waals surface area contributed by atoms with Crippen LogP contribution in [-0.2, 0) is 0 Å². The number of carboxylic acid groups (broad SMARTS) is 2. The maximum absolute atomic E-state index is 11.2. The molecule has 0 aliphatic heterocycles. The van der Waals surface area contributed by atoms with Gasteiger partial charge in [-0.25, -0.2) is 9.59 Å². The van der Waals surface area contributed by atoms with Gasteiger partial charge in [-0.15, -0.1) is 12.8 Å². The molecule has 0 radical (unpaired) electrons. The van der Waals surface area contributed by atoms with Gasteiger partial charge in [0, 0.05) is 11.1 Å². The van der Waals surface area contributed by atoms with Gasteiger partial charge < -0.3 is 10.2 Å². The van der Waals surface area contributed by atoms with E-state index in [1.54, 1.807) is 12.1 Å². The van der Waals surface area contributed by atoms with Crippen LogP contribution in [-0.4, -0.2) is 22.2 Å². The van der Waals surface area contributed by atoms with Crippen LogP contribution in [0.1, 0.15) is 31.8 Å². The average Bonchev–Trinajstić information content (AvgIpc) is 2.53. The Morgan fingerprint density at radius 2 is 1.14 bits per heavy atom. The van der Waals surface area contributed by atoms with Crippen molar-refractivity contribution < 1.29 is 19.8 Å². The Kier molecular flexibility index (Phi) is 3.97. The van der Waals surface area contributed by atoms with E-state index in [0.717, 1.165) is 0 Å². The van der Waals surface area contributed by atoms with Gasteiger partial charge in [-0.1, -0.05) is 24.0 Å². The summed E-state index contributed by atoms with van der Waals surface area (Å²) in [5.41, 5.74) is 1.57. The molecule has 106 valence electrons. The van der Waals surface area contributed by atoms with E-state index in [9.17, 15) is 19.8 Å². The van der Waals surface area contributed by atoms with E-state index >= 15 is 0 Å². The minimum atomic E-state index is -1.14. The number of carbonyl (C=O) groups is 2. The number of aromatic carboxylic acids is 2. The zero-order valence-corrected chi connectivity index (χ0v) is 11.3. The van der Waals surface area contributed by atoms with Crippen molar-refractivity contribution in [2.24, 2.45) is 0 Å². The summed E-state index contributed by atoms with van der Waals surface area (Å²) < 4.78 is 0. The lowest BCUT2D eigenvalue weighted by molar-refractivity contribution is 0.0685. The fraction of sp³-hybridized carbons (Fsp3) is 0. The standard InChI is InChI=1S/C18H10O4/c1-3-11-5-7-13(9-15(11)17(19)20)14-8-6-12(4-2)16(10-14)18(21)22/h1-2,5-10H,(H,19,20)(H,21,22). The Labute approximate surface area is 127 Å². The lowest BCUT2D eigenvalue weighted by atomic mass is 9.96. The first-order valence-electron chi connectivity index (χ1n) is 6.16. The maximum Gasteiger partial charge on any atom is 0.336 e. The Balaban J connectivity index is 2.63. The van der Waals surface area contributed by atoms with E-state index in [4.69, 9.17) is 12.8 Å². The van der Waals surface area contributed by atoms with E-state index in [1.165, 1.54) is 24.3 Å². The van der Waals surface area contributed by atoms with Crippen molar-refractivity contribution in [2.45, 2.75) is 0 Å². The number of benzene rings is 2. The first-order chi connectivity index (χ1) is 10.5. The molecule has 0 amide bonds. The lowest BCUT2D eigenvalue weighted by Gasteiger charge is -2.08. The van der Waals surface area contributed by atoms with Gasteiger partial charge in [0.1, 0.15) is 0 Å². The van der Waals surface area contributed by atoms with E-state index in [-0.39, 0.29) is 22.3 Å². The molecule has 0 saturated heterocycles. The molecule has 0 unspecified atom stereocenters. The Morgan fingerprint density at radius 3 is 1.41 bits per heavy atom. The largest absolute Gasteiger partial charge is 0.478 e. The summed E-state index contributed by atoms with van der Waals surface area (Å²) in [6, 6.07) is 9.11. The van der Waals surface area contributed by atoms with Crippen LogP contribution in [0.25, 0.3) is 11.1 Å². The van der Waals surface area contributed by atoms with E-state index in [2.05, 4.69) is 11.8 Å². The van der Waals surface area contributed by atoms with Gasteiger partial charge in [0.15, 0.2) is 0 Å². The first-order valence-corrected chi connectivity index (χ1v) is 6.16. The second-order valence-electron chi connectivity index (χ2n) is 4.42. The van der Waals surface area contributed by atoms with Crippen molar-refractivity contribution >= 4 is 11.9 Å². The smallest absolute Gasteiger partial charge is 0.336 e. The summed E-state index contributed by atoms with van der Waals surface area (Å²) in [5, 5.41) is 18.4. The van der Waals surface area contributed by atoms with Crippen molar-refractivity contribution in [2.75, 3.05) is 0 Å². The van der Waals surface area contributed by atoms with Crippen molar-refractivity contribution in [1.82, 2.24) is 0 Å². The van der Waals surface area contributed by atoms with Gasteiger partial charge in [0.05, 0.1) is 11.1 Å².